The zero-order chi connectivity index (χ0) is 20.2. The molecule has 144 valence electrons. The maximum absolute atomic E-state index is 9.50. The number of azo groups is 2. The van der Waals surface area contributed by atoms with E-state index in [1.165, 1.54) is 23.5 Å². The van der Waals surface area contributed by atoms with Crippen LogP contribution >= 0.6 is 22.9 Å². The minimum Gasteiger partial charge on any atom is -0.506 e. The number of pyridine rings is 1. The summed E-state index contributed by atoms with van der Waals surface area (Å²) < 4.78 is 1.61. The van der Waals surface area contributed by atoms with E-state index < -0.39 is 0 Å². The van der Waals surface area contributed by atoms with Crippen molar-refractivity contribution in [2.45, 2.75) is 0 Å². The highest BCUT2D eigenvalue weighted by molar-refractivity contribution is 7.19. The van der Waals surface area contributed by atoms with Gasteiger partial charge in [-0.15, -0.1) is 20.5 Å². The van der Waals surface area contributed by atoms with Crippen LogP contribution in [0.4, 0.5) is 21.6 Å². The number of hydrogen-bond acceptors (Lipinski definition) is 9. The summed E-state index contributed by atoms with van der Waals surface area (Å²) in [7, 11) is 1.78. The van der Waals surface area contributed by atoms with E-state index in [0.29, 0.717) is 27.3 Å². The summed E-state index contributed by atoms with van der Waals surface area (Å²) in [5, 5.41) is 31.6. The Balaban J connectivity index is 1.69. The van der Waals surface area contributed by atoms with E-state index in [-0.39, 0.29) is 10.8 Å². The lowest BCUT2D eigenvalue weighted by Gasteiger charge is -1.96. The third kappa shape index (κ3) is 4.33. The molecule has 1 N–H and O–H groups in total. The molecule has 3 heterocycles. The van der Waals surface area contributed by atoms with Crippen LogP contribution in [0.15, 0.2) is 75.4 Å². The fraction of sp³-hybridized carbons (Fsp3) is 0.0556. The van der Waals surface area contributed by atoms with E-state index in [1.807, 2.05) is 12.1 Å². The Kier molecular flexibility index (Phi) is 5.36. The quantitative estimate of drug-likeness (QED) is 0.388. The first-order valence-corrected chi connectivity index (χ1v) is 9.51. The summed E-state index contributed by atoms with van der Waals surface area (Å²) in [6, 6.07) is 10.0. The number of phenols is 1. The first kappa shape index (κ1) is 18.8. The average molecular weight is 425 g/mol. The monoisotopic (exact) mass is 424 g/mol. The number of halogens is 1. The predicted molar refractivity (Wildman–Crippen MR) is 110 cm³/mol. The van der Waals surface area contributed by atoms with Crippen molar-refractivity contribution >= 4 is 44.6 Å². The maximum Gasteiger partial charge on any atom is 0.232 e. The number of aryl methyl sites for hydroxylation is 1. The van der Waals surface area contributed by atoms with Gasteiger partial charge in [-0.25, -0.2) is 9.67 Å². The summed E-state index contributed by atoms with van der Waals surface area (Å²) in [6.45, 7) is 0. The van der Waals surface area contributed by atoms with E-state index in [2.05, 4.69) is 35.5 Å². The SMILES string of the molecule is Cn1nccc1/N=N/c1sc(/N=N/c2ccc(O)c(Cl)c2)nc1-c1cccnc1. The van der Waals surface area contributed by atoms with Gasteiger partial charge in [0.25, 0.3) is 0 Å². The summed E-state index contributed by atoms with van der Waals surface area (Å²) in [4.78, 5) is 8.65. The Morgan fingerprint density at radius 3 is 2.69 bits per heavy atom. The zero-order valence-corrected chi connectivity index (χ0v) is 16.6. The molecule has 0 bridgehead atoms. The largest absolute Gasteiger partial charge is 0.506 e. The molecule has 0 aliphatic carbocycles. The van der Waals surface area contributed by atoms with E-state index in [9.17, 15) is 5.11 Å². The first-order chi connectivity index (χ1) is 14.1. The normalized spacial score (nSPS) is 11.7. The molecular weight excluding hydrogens is 412 g/mol. The number of benzene rings is 1. The van der Waals surface area contributed by atoms with Gasteiger partial charge in [-0.1, -0.05) is 22.9 Å². The molecule has 0 atom stereocenters. The Bertz CT molecular complexity index is 1200. The predicted octanol–water partition coefficient (Wildman–Crippen LogP) is 6.13. The minimum absolute atomic E-state index is 0.0170. The van der Waals surface area contributed by atoms with Gasteiger partial charge in [0.1, 0.15) is 11.4 Å². The Labute approximate surface area is 174 Å². The van der Waals surface area contributed by atoms with Gasteiger partial charge < -0.3 is 5.11 Å². The van der Waals surface area contributed by atoms with Crippen LogP contribution in [-0.4, -0.2) is 24.9 Å². The molecule has 11 heteroatoms. The van der Waals surface area contributed by atoms with Gasteiger partial charge in [0.05, 0.1) is 16.9 Å². The van der Waals surface area contributed by atoms with Gasteiger partial charge in [-0.05, 0) is 30.3 Å². The third-order valence-corrected chi connectivity index (χ3v) is 4.88. The molecule has 1 aromatic carbocycles. The molecule has 0 saturated carbocycles. The highest BCUT2D eigenvalue weighted by Gasteiger charge is 2.14. The Hall–Kier alpha value is -3.50. The topological polar surface area (TPSA) is 113 Å². The molecule has 4 rings (SSSR count). The van der Waals surface area contributed by atoms with Gasteiger partial charge in [0, 0.05) is 31.1 Å². The molecule has 0 saturated heterocycles. The third-order valence-electron chi connectivity index (χ3n) is 3.75. The van der Waals surface area contributed by atoms with Gasteiger partial charge in [0.15, 0.2) is 10.8 Å². The van der Waals surface area contributed by atoms with Crippen LogP contribution < -0.4 is 0 Å². The molecule has 0 radical (unpaired) electrons. The Morgan fingerprint density at radius 2 is 1.97 bits per heavy atom. The highest BCUT2D eigenvalue weighted by atomic mass is 35.5. The van der Waals surface area contributed by atoms with E-state index in [4.69, 9.17) is 11.6 Å². The second kappa shape index (κ2) is 8.25. The molecule has 0 unspecified atom stereocenters. The van der Waals surface area contributed by atoms with Crippen LogP contribution in [0.3, 0.4) is 0 Å². The number of thiazole rings is 1. The molecule has 0 spiro atoms. The van der Waals surface area contributed by atoms with Crippen molar-refractivity contribution in [1.82, 2.24) is 19.7 Å². The van der Waals surface area contributed by atoms with Crippen molar-refractivity contribution < 1.29 is 5.11 Å². The first-order valence-electron chi connectivity index (χ1n) is 8.31. The molecule has 9 nitrogen and oxygen atoms in total. The van der Waals surface area contributed by atoms with Crippen molar-refractivity contribution in [1.29, 1.82) is 0 Å². The summed E-state index contributed by atoms with van der Waals surface area (Å²) in [5.74, 6) is 0.592. The average Bonchev–Trinajstić information content (AvgIpc) is 3.33. The number of rotatable bonds is 5. The zero-order valence-electron chi connectivity index (χ0n) is 15.0. The second-order valence-corrected chi connectivity index (χ2v) is 7.10. The molecule has 0 aliphatic rings. The molecule has 29 heavy (non-hydrogen) atoms. The summed E-state index contributed by atoms with van der Waals surface area (Å²) >= 11 is 7.14. The number of nitrogens with zero attached hydrogens (tertiary/aromatic N) is 8. The van der Waals surface area contributed by atoms with Gasteiger partial charge in [0.2, 0.25) is 5.13 Å². The second-order valence-electron chi connectivity index (χ2n) is 5.74. The van der Waals surface area contributed by atoms with Crippen molar-refractivity contribution in [2.75, 3.05) is 0 Å². The van der Waals surface area contributed by atoms with Crippen molar-refractivity contribution in [2.24, 2.45) is 27.5 Å². The van der Waals surface area contributed by atoms with Crippen molar-refractivity contribution in [3.8, 4) is 17.0 Å². The fourth-order valence-electron chi connectivity index (χ4n) is 2.32. The van der Waals surface area contributed by atoms with Crippen molar-refractivity contribution in [3.63, 3.8) is 0 Å². The van der Waals surface area contributed by atoms with Crippen LogP contribution in [0.1, 0.15) is 0 Å². The van der Waals surface area contributed by atoms with Crippen molar-refractivity contribution in [3.05, 3.63) is 60.0 Å². The molecule has 0 aliphatic heterocycles. The molecule has 3 aromatic heterocycles. The van der Waals surface area contributed by atoms with E-state index >= 15 is 0 Å². The number of hydrogen-bond donors (Lipinski definition) is 1. The molecule has 4 aromatic rings. The fourth-order valence-corrected chi connectivity index (χ4v) is 3.23. The van der Waals surface area contributed by atoms with Crippen LogP contribution in [0.25, 0.3) is 11.3 Å². The smallest absolute Gasteiger partial charge is 0.232 e. The lowest BCUT2D eigenvalue weighted by molar-refractivity contribution is 0.475. The number of aromatic nitrogens is 4. The minimum atomic E-state index is -0.0170. The summed E-state index contributed by atoms with van der Waals surface area (Å²) in [6.07, 6.45) is 5.02. The lowest BCUT2D eigenvalue weighted by Crippen LogP contribution is -1.86. The van der Waals surface area contributed by atoms with Crippen LogP contribution in [0, 0.1) is 0 Å². The van der Waals surface area contributed by atoms with Gasteiger partial charge in [-0.2, -0.15) is 5.10 Å². The highest BCUT2D eigenvalue weighted by Crippen LogP contribution is 2.40. The maximum atomic E-state index is 9.50. The molecule has 0 amide bonds. The lowest BCUT2D eigenvalue weighted by atomic mass is 10.2. The molecule has 0 fully saturated rings. The summed E-state index contributed by atoms with van der Waals surface area (Å²) in [5.41, 5.74) is 1.88. The Morgan fingerprint density at radius 1 is 1.07 bits per heavy atom. The standard InChI is InChI=1S/C18H13ClN8OS/c1-27-15(6-8-21-27)24-25-17-16(11-3-2-7-20-10-11)22-18(29-17)26-23-12-4-5-14(28)13(19)9-12/h2-10,28H,1H3/b25-24+,26-23+. The van der Waals surface area contributed by atoms with Crippen LogP contribution in [0.2, 0.25) is 5.02 Å². The molecular formula is C18H13ClN8OS. The van der Waals surface area contributed by atoms with Crippen LogP contribution in [-0.2, 0) is 7.05 Å². The van der Waals surface area contributed by atoms with Crippen LogP contribution in [0.5, 0.6) is 5.75 Å². The van der Waals surface area contributed by atoms with E-state index in [1.54, 1.807) is 42.5 Å². The van der Waals surface area contributed by atoms with Gasteiger partial charge >= 0.3 is 0 Å². The number of aromatic hydroxyl groups is 1. The van der Waals surface area contributed by atoms with E-state index in [0.717, 1.165) is 5.56 Å². The van der Waals surface area contributed by atoms with Gasteiger partial charge in [-0.3, -0.25) is 4.98 Å². The number of phenolic OH excluding ortho intramolecular Hbond substituents is 1.